The molecule has 1 saturated heterocycles. The van der Waals surface area contributed by atoms with E-state index in [1.807, 2.05) is 31.2 Å². The third kappa shape index (κ3) is 1.54. The molecule has 78 valence electrons. The number of carbonyl (C=O) groups is 2. The lowest BCUT2D eigenvalue weighted by Crippen LogP contribution is -2.32. The summed E-state index contributed by atoms with van der Waals surface area (Å²) in [4.78, 5) is 22.8. The van der Waals surface area contributed by atoms with Crippen molar-refractivity contribution in [3.05, 3.63) is 35.4 Å². The fraction of sp³-hybridized carbons (Fsp3) is 0.333. The van der Waals surface area contributed by atoms with Gasteiger partial charge in [-0.1, -0.05) is 29.8 Å². The second-order valence-corrected chi connectivity index (χ2v) is 4.25. The number of imide groups is 1. The molecule has 3 nitrogen and oxygen atoms in total. The van der Waals surface area contributed by atoms with Crippen molar-refractivity contribution in [3.63, 3.8) is 0 Å². The molecule has 1 fully saturated rings. The van der Waals surface area contributed by atoms with Crippen LogP contribution in [0, 0.1) is 6.92 Å². The van der Waals surface area contributed by atoms with Crippen LogP contribution >= 0.6 is 0 Å². The Balaban J connectivity index is 2.41. The molecule has 2 amide bonds. The number of hydrogen-bond acceptors (Lipinski definition) is 2. The third-order valence-corrected chi connectivity index (χ3v) is 2.96. The lowest BCUT2D eigenvalue weighted by atomic mass is 9.81. The Bertz CT molecular complexity index is 422. The number of benzene rings is 1. The Hall–Kier alpha value is -1.64. The average Bonchev–Trinajstić information content (AvgIpc) is 2.42. The third-order valence-electron chi connectivity index (χ3n) is 2.96. The van der Waals surface area contributed by atoms with Crippen LogP contribution in [-0.2, 0) is 15.0 Å². The maximum Gasteiger partial charge on any atom is 0.237 e. The van der Waals surface area contributed by atoms with Crippen LogP contribution in [0.5, 0.6) is 0 Å². The van der Waals surface area contributed by atoms with E-state index in [4.69, 9.17) is 0 Å². The van der Waals surface area contributed by atoms with Crippen molar-refractivity contribution in [1.82, 2.24) is 5.32 Å². The summed E-state index contributed by atoms with van der Waals surface area (Å²) in [6.07, 6.45) is 0.245. The van der Waals surface area contributed by atoms with Gasteiger partial charge in [0.25, 0.3) is 0 Å². The van der Waals surface area contributed by atoms with Gasteiger partial charge in [-0.15, -0.1) is 0 Å². The van der Waals surface area contributed by atoms with Crippen LogP contribution in [0.2, 0.25) is 0 Å². The second kappa shape index (κ2) is 3.19. The van der Waals surface area contributed by atoms with Gasteiger partial charge < -0.3 is 0 Å². The fourth-order valence-electron chi connectivity index (χ4n) is 1.86. The predicted molar refractivity (Wildman–Crippen MR) is 56.3 cm³/mol. The summed E-state index contributed by atoms with van der Waals surface area (Å²) < 4.78 is 0. The van der Waals surface area contributed by atoms with Gasteiger partial charge in [-0.2, -0.15) is 0 Å². The smallest absolute Gasteiger partial charge is 0.237 e. The molecule has 1 atom stereocenters. The van der Waals surface area contributed by atoms with Crippen molar-refractivity contribution in [2.24, 2.45) is 0 Å². The number of carbonyl (C=O) groups excluding carboxylic acids is 2. The van der Waals surface area contributed by atoms with Crippen molar-refractivity contribution in [3.8, 4) is 0 Å². The van der Waals surface area contributed by atoms with Gasteiger partial charge in [0, 0.05) is 6.42 Å². The van der Waals surface area contributed by atoms with Gasteiger partial charge in [0.1, 0.15) is 0 Å². The number of hydrogen-bond donors (Lipinski definition) is 1. The molecule has 0 saturated carbocycles. The van der Waals surface area contributed by atoms with Crippen molar-refractivity contribution in [2.45, 2.75) is 25.7 Å². The van der Waals surface area contributed by atoms with Crippen LogP contribution in [0.25, 0.3) is 0 Å². The monoisotopic (exact) mass is 203 g/mol. The molecule has 1 aliphatic heterocycles. The molecule has 1 aromatic rings. The Morgan fingerprint density at radius 2 is 1.80 bits per heavy atom. The van der Waals surface area contributed by atoms with Crippen molar-refractivity contribution in [2.75, 3.05) is 0 Å². The Morgan fingerprint density at radius 3 is 2.27 bits per heavy atom. The van der Waals surface area contributed by atoms with Gasteiger partial charge in [-0.05, 0) is 19.4 Å². The van der Waals surface area contributed by atoms with E-state index in [0.717, 1.165) is 11.1 Å². The van der Waals surface area contributed by atoms with E-state index in [9.17, 15) is 9.59 Å². The highest BCUT2D eigenvalue weighted by atomic mass is 16.2. The largest absolute Gasteiger partial charge is 0.296 e. The standard InChI is InChI=1S/C12H13NO2/c1-8-3-5-9(6-4-8)12(2)7-10(14)13-11(12)15/h3-6H,7H2,1-2H3,(H,13,14,15). The van der Waals surface area contributed by atoms with Gasteiger partial charge in [0.2, 0.25) is 11.8 Å². The minimum absolute atomic E-state index is 0.192. The summed E-state index contributed by atoms with van der Waals surface area (Å²) in [5.41, 5.74) is 1.36. The van der Waals surface area contributed by atoms with E-state index in [1.165, 1.54) is 0 Å². The van der Waals surface area contributed by atoms with E-state index in [2.05, 4.69) is 5.32 Å². The topological polar surface area (TPSA) is 46.2 Å². The lowest BCUT2D eigenvalue weighted by molar-refractivity contribution is -0.126. The zero-order valence-electron chi connectivity index (χ0n) is 8.83. The molecule has 1 N–H and O–H groups in total. The van der Waals surface area contributed by atoms with E-state index < -0.39 is 5.41 Å². The number of amides is 2. The number of rotatable bonds is 1. The van der Waals surface area contributed by atoms with Crippen LogP contribution in [0.4, 0.5) is 0 Å². The maximum atomic E-state index is 11.7. The van der Waals surface area contributed by atoms with Crippen molar-refractivity contribution < 1.29 is 9.59 Å². The molecule has 1 unspecified atom stereocenters. The van der Waals surface area contributed by atoms with Crippen LogP contribution in [0.15, 0.2) is 24.3 Å². The molecule has 2 rings (SSSR count). The molecule has 1 aliphatic rings. The SMILES string of the molecule is Cc1ccc(C2(C)CC(=O)NC2=O)cc1. The summed E-state index contributed by atoms with van der Waals surface area (Å²) in [5.74, 6) is -0.389. The zero-order valence-corrected chi connectivity index (χ0v) is 8.83. The Labute approximate surface area is 88.5 Å². The highest BCUT2D eigenvalue weighted by Gasteiger charge is 2.43. The minimum Gasteiger partial charge on any atom is -0.296 e. The van der Waals surface area contributed by atoms with E-state index in [1.54, 1.807) is 6.92 Å². The first-order valence-electron chi connectivity index (χ1n) is 4.94. The van der Waals surface area contributed by atoms with Crippen molar-refractivity contribution >= 4 is 11.8 Å². The normalized spacial score (nSPS) is 25.5. The lowest BCUT2D eigenvalue weighted by Gasteiger charge is -2.19. The summed E-state index contributed by atoms with van der Waals surface area (Å²) in [5, 5.41) is 2.34. The Morgan fingerprint density at radius 1 is 1.20 bits per heavy atom. The molecule has 0 bridgehead atoms. The summed E-state index contributed by atoms with van der Waals surface area (Å²) in [6, 6.07) is 7.73. The molecular formula is C12H13NO2. The number of aryl methyl sites for hydroxylation is 1. The second-order valence-electron chi connectivity index (χ2n) is 4.25. The molecule has 0 spiro atoms. The zero-order chi connectivity index (χ0) is 11.1. The average molecular weight is 203 g/mol. The van der Waals surface area contributed by atoms with Crippen molar-refractivity contribution in [1.29, 1.82) is 0 Å². The van der Waals surface area contributed by atoms with E-state index in [-0.39, 0.29) is 18.2 Å². The highest BCUT2D eigenvalue weighted by Crippen LogP contribution is 2.31. The molecule has 15 heavy (non-hydrogen) atoms. The minimum atomic E-state index is -0.690. The fourth-order valence-corrected chi connectivity index (χ4v) is 1.86. The first-order chi connectivity index (χ1) is 7.02. The van der Waals surface area contributed by atoms with Crippen LogP contribution < -0.4 is 5.32 Å². The summed E-state index contributed by atoms with van der Waals surface area (Å²) in [6.45, 7) is 3.80. The van der Waals surface area contributed by atoms with Gasteiger partial charge in [-0.3, -0.25) is 14.9 Å². The molecule has 0 aromatic heterocycles. The van der Waals surface area contributed by atoms with Crippen LogP contribution in [0.3, 0.4) is 0 Å². The quantitative estimate of drug-likeness (QED) is 0.699. The van der Waals surface area contributed by atoms with Crippen LogP contribution in [-0.4, -0.2) is 11.8 Å². The molecule has 0 radical (unpaired) electrons. The van der Waals surface area contributed by atoms with E-state index in [0.29, 0.717) is 0 Å². The first-order valence-corrected chi connectivity index (χ1v) is 4.94. The molecule has 3 heteroatoms. The number of nitrogens with one attached hydrogen (secondary N) is 1. The summed E-state index contributed by atoms with van der Waals surface area (Å²) >= 11 is 0. The van der Waals surface area contributed by atoms with Gasteiger partial charge in [-0.25, -0.2) is 0 Å². The summed E-state index contributed by atoms with van der Waals surface area (Å²) in [7, 11) is 0. The van der Waals surface area contributed by atoms with Crippen LogP contribution in [0.1, 0.15) is 24.5 Å². The predicted octanol–water partition coefficient (Wildman–Crippen LogP) is 1.30. The van der Waals surface area contributed by atoms with E-state index >= 15 is 0 Å². The van der Waals surface area contributed by atoms with Gasteiger partial charge in [0.15, 0.2) is 0 Å². The molecule has 1 heterocycles. The first kappa shape index (κ1) is 9.90. The highest BCUT2D eigenvalue weighted by molar-refractivity contribution is 6.08. The molecular weight excluding hydrogens is 190 g/mol. The Kier molecular flexibility index (Phi) is 2.11. The van der Waals surface area contributed by atoms with Gasteiger partial charge >= 0.3 is 0 Å². The maximum absolute atomic E-state index is 11.7. The molecule has 0 aliphatic carbocycles. The molecule has 1 aromatic carbocycles. The van der Waals surface area contributed by atoms with Gasteiger partial charge in [0.05, 0.1) is 5.41 Å².